The molecule has 0 saturated carbocycles. The number of carboxylic acid groups (broad SMARTS) is 2. The van der Waals surface area contributed by atoms with E-state index in [1.807, 2.05) is 19.1 Å². The third-order valence-electron chi connectivity index (χ3n) is 5.95. The monoisotopic (exact) mass is 566 g/mol. The minimum absolute atomic E-state index is 0.0359. The molecule has 1 heterocycles. The highest BCUT2D eigenvalue weighted by molar-refractivity contribution is 6.06. The number of amides is 2. The van der Waals surface area contributed by atoms with Gasteiger partial charge in [0.25, 0.3) is 5.91 Å². The van der Waals surface area contributed by atoms with Gasteiger partial charge in [-0.05, 0) is 43.7 Å². The molecule has 1 saturated heterocycles. The van der Waals surface area contributed by atoms with E-state index in [0.29, 0.717) is 50.5 Å². The summed E-state index contributed by atoms with van der Waals surface area (Å²) < 4.78 is 31.7. The molecule has 1 aliphatic heterocycles. The van der Waals surface area contributed by atoms with Crippen LogP contribution in [0.25, 0.3) is 0 Å². The highest BCUT2D eigenvalue weighted by Gasteiger charge is 2.38. The number of nitrogens with one attached hydrogen (secondary N) is 2. The predicted molar refractivity (Wildman–Crippen MR) is 143 cm³/mol. The summed E-state index contributed by atoms with van der Waals surface area (Å²) in [4.78, 5) is 49.6. The van der Waals surface area contributed by atoms with Gasteiger partial charge in [0.05, 0.1) is 23.5 Å². The quantitative estimate of drug-likeness (QED) is 0.338. The number of aliphatic carboxylic acids is 1. The van der Waals surface area contributed by atoms with Crippen LogP contribution in [0.15, 0.2) is 42.5 Å². The van der Waals surface area contributed by atoms with Crippen LogP contribution in [0.5, 0.6) is 0 Å². The molecule has 0 aromatic heterocycles. The Kier molecular flexibility index (Phi) is 11.9. The van der Waals surface area contributed by atoms with Crippen LogP contribution in [0, 0.1) is 6.92 Å². The number of carboxylic acids is 2. The van der Waals surface area contributed by atoms with Crippen LogP contribution in [0.2, 0.25) is 0 Å². The number of carbonyl (C=O) groups is 4. The number of carbonyl (C=O) groups excluding carboxylic acids is 2. The Morgan fingerprint density at radius 3 is 2.15 bits per heavy atom. The van der Waals surface area contributed by atoms with E-state index in [0.717, 1.165) is 24.1 Å². The maximum Gasteiger partial charge on any atom is 0.490 e. The summed E-state index contributed by atoms with van der Waals surface area (Å²) in [5.74, 6) is -4.06. The molecule has 0 aliphatic carbocycles. The zero-order chi connectivity index (χ0) is 29.9. The molecule has 3 rings (SSSR count). The molecular weight excluding hydrogens is 533 g/mol. The first-order valence-electron chi connectivity index (χ1n) is 12.6. The van der Waals surface area contributed by atoms with Crippen LogP contribution < -0.4 is 15.5 Å². The first-order chi connectivity index (χ1) is 18.8. The van der Waals surface area contributed by atoms with Crippen LogP contribution in [0.1, 0.15) is 46.0 Å². The Morgan fingerprint density at radius 1 is 0.950 bits per heavy atom. The van der Waals surface area contributed by atoms with Crippen molar-refractivity contribution in [1.82, 2.24) is 10.2 Å². The summed E-state index contributed by atoms with van der Waals surface area (Å²) in [6.45, 7) is 7.81. The van der Waals surface area contributed by atoms with Gasteiger partial charge in [0.2, 0.25) is 5.91 Å². The average Bonchev–Trinajstić information content (AvgIpc) is 2.89. The molecule has 10 nitrogen and oxygen atoms in total. The number of aryl methyl sites for hydroxylation is 1. The van der Waals surface area contributed by atoms with Crippen LogP contribution in [-0.2, 0) is 9.59 Å². The summed E-state index contributed by atoms with van der Waals surface area (Å²) >= 11 is 0. The number of hydrogen-bond acceptors (Lipinski definition) is 6. The maximum atomic E-state index is 12.8. The fraction of sp³-hybridized carbons (Fsp3) is 0.407. The molecule has 0 unspecified atom stereocenters. The van der Waals surface area contributed by atoms with Crippen molar-refractivity contribution in [2.75, 3.05) is 49.5 Å². The first kappa shape index (κ1) is 32.1. The predicted octanol–water partition coefficient (Wildman–Crippen LogP) is 3.62. The molecule has 4 N–H and O–H groups in total. The number of unbranched alkanes of at least 4 members (excludes halogenated alkanes) is 1. The zero-order valence-corrected chi connectivity index (χ0v) is 22.3. The highest BCUT2D eigenvalue weighted by Crippen LogP contribution is 2.29. The number of hydrogen-bond donors (Lipinski definition) is 4. The molecule has 0 bridgehead atoms. The number of aromatic carboxylic acids is 1. The molecule has 1 aliphatic rings. The minimum atomic E-state index is -5.08. The molecule has 0 spiro atoms. The van der Waals surface area contributed by atoms with Gasteiger partial charge in [-0.15, -0.1) is 0 Å². The molecule has 2 amide bonds. The number of benzene rings is 2. The zero-order valence-electron chi connectivity index (χ0n) is 22.3. The van der Waals surface area contributed by atoms with Crippen molar-refractivity contribution < 1.29 is 42.6 Å². The Bertz CT molecular complexity index is 1200. The molecule has 0 atom stereocenters. The van der Waals surface area contributed by atoms with E-state index >= 15 is 0 Å². The van der Waals surface area contributed by atoms with E-state index in [4.69, 9.17) is 9.90 Å². The van der Waals surface area contributed by atoms with Crippen molar-refractivity contribution >= 4 is 35.1 Å². The molecule has 2 aromatic rings. The number of alkyl halides is 3. The molecule has 1 fully saturated rings. The number of anilines is 2. The van der Waals surface area contributed by atoms with Gasteiger partial charge in [-0.1, -0.05) is 31.0 Å². The van der Waals surface area contributed by atoms with Crippen LogP contribution in [-0.4, -0.2) is 84.3 Å². The lowest BCUT2D eigenvalue weighted by Gasteiger charge is -2.36. The Labute approximate surface area is 229 Å². The molecule has 40 heavy (non-hydrogen) atoms. The number of halogens is 3. The molecule has 13 heteroatoms. The van der Waals surface area contributed by atoms with Gasteiger partial charge >= 0.3 is 18.1 Å². The van der Waals surface area contributed by atoms with Crippen LogP contribution >= 0.6 is 0 Å². The normalized spacial score (nSPS) is 13.6. The standard InChI is InChI=1S/C25H32N4O4.C2HF3O2/c1-3-4-10-26-23(30)17-28-11-13-29(14-12-28)22-9-8-20(25(32)33)16-21(22)27-24(31)19-7-5-6-18(2)15-19;3-2(4,5)1(6)7/h5-9,15-16H,3-4,10-14,17H2,1-2H3,(H,26,30)(H,27,31)(H,32,33);(H,6,7). The van der Waals surface area contributed by atoms with Gasteiger partial charge in [0, 0.05) is 38.3 Å². The van der Waals surface area contributed by atoms with Gasteiger partial charge in [-0.25, -0.2) is 9.59 Å². The van der Waals surface area contributed by atoms with Crippen molar-refractivity contribution in [1.29, 1.82) is 0 Å². The lowest BCUT2D eigenvalue weighted by molar-refractivity contribution is -0.192. The molecule has 218 valence electrons. The lowest BCUT2D eigenvalue weighted by atomic mass is 10.1. The third kappa shape index (κ3) is 10.2. The van der Waals surface area contributed by atoms with Crippen molar-refractivity contribution in [3.8, 4) is 0 Å². The Morgan fingerprint density at radius 2 is 1.60 bits per heavy atom. The Balaban J connectivity index is 0.000000708. The van der Waals surface area contributed by atoms with Crippen molar-refractivity contribution in [3.05, 3.63) is 59.2 Å². The van der Waals surface area contributed by atoms with Crippen LogP contribution in [0.3, 0.4) is 0 Å². The van der Waals surface area contributed by atoms with E-state index in [1.165, 1.54) is 6.07 Å². The summed E-state index contributed by atoms with van der Waals surface area (Å²) in [6.07, 6.45) is -3.06. The topological polar surface area (TPSA) is 139 Å². The molecule has 0 radical (unpaired) electrons. The van der Waals surface area contributed by atoms with Gasteiger partial charge in [0.1, 0.15) is 0 Å². The first-order valence-corrected chi connectivity index (χ1v) is 12.6. The highest BCUT2D eigenvalue weighted by atomic mass is 19.4. The summed E-state index contributed by atoms with van der Waals surface area (Å²) in [7, 11) is 0. The van der Waals surface area contributed by atoms with Gasteiger partial charge in [0.15, 0.2) is 0 Å². The number of piperazine rings is 1. The number of nitrogens with zero attached hydrogens (tertiary/aromatic N) is 2. The maximum absolute atomic E-state index is 12.8. The fourth-order valence-corrected chi connectivity index (χ4v) is 3.84. The molecular formula is C27H33F3N4O6. The second-order valence-electron chi connectivity index (χ2n) is 9.13. The van der Waals surface area contributed by atoms with E-state index in [9.17, 15) is 32.7 Å². The van der Waals surface area contributed by atoms with E-state index in [1.54, 1.807) is 24.3 Å². The SMILES string of the molecule is CCCCNC(=O)CN1CCN(c2ccc(C(=O)O)cc2NC(=O)c2cccc(C)c2)CC1.O=C(O)C(F)(F)F. The largest absolute Gasteiger partial charge is 0.490 e. The summed E-state index contributed by atoms with van der Waals surface area (Å²) in [6, 6.07) is 12.0. The second kappa shape index (κ2) is 14.9. The fourth-order valence-electron chi connectivity index (χ4n) is 3.84. The average molecular weight is 567 g/mol. The van der Waals surface area contributed by atoms with E-state index in [-0.39, 0.29) is 17.4 Å². The smallest absolute Gasteiger partial charge is 0.478 e. The van der Waals surface area contributed by atoms with Gasteiger partial charge in [-0.2, -0.15) is 13.2 Å². The van der Waals surface area contributed by atoms with Crippen molar-refractivity contribution in [2.24, 2.45) is 0 Å². The van der Waals surface area contributed by atoms with Crippen molar-refractivity contribution in [3.63, 3.8) is 0 Å². The summed E-state index contributed by atoms with van der Waals surface area (Å²) in [5, 5.41) is 22.4. The van der Waals surface area contributed by atoms with Gasteiger partial charge in [-0.3, -0.25) is 14.5 Å². The third-order valence-corrected chi connectivity index (χ3v) is 5.95. The Hall–Kier alpha value is -4.13. The summed E-state index contributed by atoms with van der Waals surface area (Å²) in [5.41, 5.74) is 2.83. The number of rotatable bonds is 9. The molecule has 2 aromatic carbocycles. The second-order valence-corrected chi connectivity index (χ2v) is 9.13. The minimum Gasteiger partial charge on any atom is -0.478 e. The van der Waals surface area contributed by atoms with E-state index < -0.39 is 18.1 Å². The lowest BCUT2D eigenvalue weighted by Crippen LogP contribution is -2.49. The van der Waals surface area contributed by atoms with Crippen molar-refractivity contribution in [2.45, 2.75) is 32.9 Å². The van der Waals surface area contributed by atoms with E-state index in [2.05, 4.69) is 27.4 Å². The van der Waals surface area contributed by atoms with Crippen LogP contribution in [0.4, 0.5) is 24.5 Å². The van der Waals surface area contributed by atoms with Gasteiger partial charge < -0.3 is 25.7 Å².